The molecule has 0 unspecified atom stereocenters. The molecule has 0 saturated heterocycles. The highest BCUT2D eigenvalue weighted by Crippen LogP contribution is 2.48. The summed E-state index contributed by atoms with van der Waals surface area (Å²) in [5.74, 6) is -2.74. The average Bonchev–Trinajstić information content (AvgIpc) is 3.31. The molecule has 2 aliphatic carbocycles. The van der Waals surface area contributed by atoms with Crippen molar-refractivity contribution >= 4 is 33.3 Å². The number of carbonyl (C=O) groups excluding carboxylic acids is 1. The van der Waals surface area contributed by atoms with Crippen molar-refractivity contribution in [3.63, 3.8) is 0 Å². The Morgan fingerprint density at radius 3 is 2.07 bits per heavy atom. The normalized spacial score (nSPS) is 24.6. The maximum Gasteiger partial charge on any atom is 0.307 e. The predicted molar refractivity (Wildman–Crippen MR) is 112 cm³/mol. The van der Waals surface area contributed by atoms with Crippen molar-refractivity contribution in [1.82, 2.24) is 0 Å². The number of amides is 1. The summed E-state index contributed by atoms with van der Waals surface area (Å²) in [4.78, 5) is 24.5. The fourth-order valence-electron chi connectivity index (χ4n) is 4.30. The first kappa shape index (κ1) is 20.2. The molecule has 0 aromatic heterocycles. The van der Waals surface area contributed by atoms with Gasteiger partial charge in [0.1, 0.15) is 0 Å². The first-order chi connectivity index (χ1) is 14.2. The molecule has 2 aromatic rings. The number of nitrogens with one attached hydrogen (secondary N) is 2. The van der Waals surface area contributed by atoms with E-state index in [-0.39, 0.29) is 22.6 Å². The molecule has 2 aromatic carbocycles. The standard InChI is InChI=1S/C22H22N2O5S/c1-13-2-10-18(11-3-13)30(28,29)24-17-8-6-16(7-9-17)23-21(25)19-14-4-5-15(12-14)20(19)22(26)27/h2-11,14-15,19-20,24H,12H2,1H3,(H,23,25)(H,26,27)/t14-,15-,19-,20+/m0/s1. The zero-order valence-electron chi connectivity index (χ0n) is 16.3. The van der Waals surface area contributed by atoms with Crippen LogP contribution in [-0.4, -0.2) is 25.4 Å². The minimum atomic E-state index is -3.71. The SMILES string of the molecule is Cc1ccc(S(=O)(=O)Nc2ccc(NC(=O)[C@@H]3[C@H](C(=O)O)[C@H]4C=C[C@H]3C4)cc2)cc1. The molecule has 30 heavy (non-hydrogen) atoms. The highest BCUT2D eigenvalue weighted by atomic mass is 32.2. The van der Waals surface area contributed by atoms with Crippen LogP contribution in [0.25, 0.3) is 0 Å². The van der Waals surface area contributed by atoms with E-state index in [0.717, 1.165) is 5.56 Å². The second-order valence-electron chi connectivity index (χ2n) is 7.82. The number of benzene rings is 2. The topological polar surface area (TPSA) is 113 Å². The van der Waals surface area contributed by atoms with E-state index in [2.05, 4.69) is 10.0 Å². The zero-order valence-corrected chi connectivity index (χ0v) is 17.1. The highest BCUT2D eigenvalue weighted by Gasteiger charge is 2.51. The molecule has 1 saturated carbocycles. The first-order valence-electron chi connectivity index (χ1n) is 9.66. The van der Waals surface area contributed by atoms with E-state index in [1.807, 2.05) is 19.1 Å². The van der Waals surface area contributed by atoms with Crippen LogP contribution >= 0.6 is 0 Å². The van der Waals surface area contributed by atoms with Gasteiger partial charge in [-0.3, -0.25) is 14.3 Å². The molecule has 7 nitrogen and oxygen atoms in total. The average molecular weight is 426 g/mol. The molecule has 2 bridgehead atoms. The number of sulfonamides is 1. The Labute approximate surface area is 174 Å². The summed E-state index contributed by atoms with van der Waals surface area (Å²) < 4.78 is 27.5. The van der Waals surface area contributed by atoms with Gasteiger partial charge in [0.15, 0.2) is 0 Å². The number of aryl methyl sites for hydroxylation is 1. The number of carboxylic acid groups (broad SMARTS) is 1. The van der Waals surface area contributed by atoms with Gasteiger partial charge in [0.25, 0.3) is 10.0 Å². The van der Waals surface area contributed by atoms with Gasteiger partial charge < -0.3 is 10.4 Å². The Morgan fingerprint density at radius 2 is 1.47 bits per heavy atom. The molecule has 0 radical (unpaired) electrons. The van der Waals surface area contributed by atoms with Crippen molar-refractivity contribution < 1.29 is 23.1 Å². The molecule has 0 aliphatic heterocycles. The number of allylic oxidation sites excluding steroid dienone is 2. The Hall–Kier alpha value is -3.13. The van der Waals surface area contributed by atoms with E-state index in [1.54, 1.807) is 36.4 Å². The summed E-state index contributed by atoms with van der Waals surface area (Å²) in [6.45, 7) is 1.88. The van der Waals surface area contributed by atoms with Gasteiger partial charge in [0.2, 0.25) is 5.91 Å². The molecule has 0 spiro atoms. The molecule has 2 aliphatic rings. The smallest absolute Gasteiger partial charge is 0.307 e. The second kappa shape index (κ2) is 7.60. The summed E-state index contributed by atoms with van der Waals surface area (Å²) in [7, 11) is -3.71. The minimum Gasteiger partial charge on any atom is -0.481 e. The molecular weight excluding hydrogens is 404 g/mol. The minimum absolute atomic E-state index is 0.0586. The highest BCUT2D eigenvalue weighted by molar-refractivity contribution is 7.92. The zero-order chi connectivity index (χ0) is 21.5. The van der Waals surface area contributed by atoms with E-state index in [4.69, 9.17) is 0 Å². The van der Waals surface area contributed by atoms with Crippen LogP contribution in [0.2, 0.25) is 0 Å². The lowest BCUT2D eigenvalue weighted by molar-refractivity contribution is -0.146. The Bertz CT molecular complexity index is 1110. The second-order valence-corrected chi connectivity index (χ2v) is 9.51. The van der Waals surface area contributed by atoms with Crippen molar-refractivity contribution in [1.29, 1.82) is 0 Å². The number of hydrogen-bond acceptors (Lipinski definition) is 4. The van der Waals surface area contributed by atoms with Crippen molar-refractivity contribution in [2.75, 3.05) is 10.0 Å². The van der Waals surface area contributed by atoms with Gasteiger partial charge in [-0.25, -0.2) is 8.42 Å². The number of hydrogen-bond donors (Lipinski definition) is 3. The molecule has 1 fully saturated rings. The van der Waals surface area contributed by atoms with E-state index in [1.165, 1.54) is 12.1 Å². The number of carbonyl (C=O) groups is 2. The third kappa shape index (κ3) is 3.82. The lowest BCUT2D eigenvalue weighted by Crippen LogP contribution is -2.36. The van der Waals surface area contributed by atoms with Crippen LogP contribution in [0.3, 0.4) is 0 Å². The third-order valence-corrected chi connectivity index (χ3v) is 7.18. The quantitative estimate of drug-likeness (QED) is 0.614. The summed E-state index contributed by atoms with van der Waals surface area (Å²) in [6, 6.07) is 12.8. The van der Waals surface area contributed by atoms with Gasteiger partial charge in [-0.05, 0) is 61.6 Å². The van der Waals surface area contributed by atoms with Crippen LogP contribution in [0.1, 0.15) is 12.0 Å². The third-order valence-electron chi connectivity index (χ3n) is 5.78. The maximum atomic E-state index is 12.7. The largest absolute Gasteiger partial charge is 0.481 e. The number of rotatable bonds is 6. The lowest BCUT2D eigenvalue weighted by atomic mass is 9.82. The Morgan fingerprint density at radius 1 is 0.900 bits per heavy atom. The van der Waals surface area contributed by atoms with Crippen LogP contribution < -0.4 is 10.0 Å². The molecule has 4 rings (SSSR count). The molecule has 1 amide bonds. The molecule has 4 atom stereocenters. The van der Waals surface area contributed by atoms with Crippen molar-refractivity contribution in [2.24, 2.45) is 23.7 Å². The van der Waals surface area contributed by atoms with Crippen LogP contribution in [0, 0.1) is 30.6 Å². The monoisotopic (exact) mass is 426 g/mol. The summed E-state index contributed by atoms with van der Waals surface area (Å²) >= 11 is 0. The fraction of sp³-hybridized carbons (Fsp3) is 0.273. The van der Waals surface area contributed by atoms with Gasteiger partial charge in [-0.1, -0.05) is 29.8 Å². The maximum absolute atomic E-state index is 12.7. The van der Waals surface area contributed by atoms with Crippen LogP contribution in [0.15, 0.2) is 65.6 Å². The number of aliphatic carboxylic acids is 1. The lowest BCUT2D eigenvalue weighted by Gasteiger charge is -2.23. The van der Waals surface area contributed by atoms with Gasteiger partial charge in [0, 0.05) is 11.4 Å². The van der Waals surface area contributed by atoms with Gasteiger partial charge in [-0.2, -0.15) is 0 Å². The van der Waals surface area contributed by atoms with E-state index < -0.39 is 27.8 Å². The Kier molecular flexibility index (Phi) is 5.11. The van der Waals surface area contributed by atoms with Gasteiger partial charge in [-0.15, -0.1) is 0 Å². The summed E-state index contributed by atoms with van der Waals surface area (Å²) in [6.07, 6.45) is 4.51. The summed E-state index contributed by atoms with van der Waals surface area (Å²) in [5, 5.41) is 12.3. The van der Waals surface area contributed by atoms with Crippen molar-refractivity contribution in [3.8, 4) is 0 Å². The van der Waals surface area contributed by atoms with Gasteiger partial charge >= 0.3 is 5.97 Å². The molecule has 0 heterocycles. The van der Waals surface area contributed by atoms with Gasteiger partial charge in [0.05, 0.1) is 16.7 Å². The molecular formula is C22H22N2O5S. The summed E-state index contributed by atoms with van der Waals surface area (Å²) in [5.41, 5.74) is 1.80. The van der Waals surface area contributed by atoms with Crippen molar-refractivity contribution in [2.45, 2.75) is 18.2 Å². The van der Waals surface area contributed by atoms with Crippen LogP contribution in [0.5, 0.6) is 0 Å². The Balaban J connectivity index is 1.44. The van der Waals surface area contributed by atoms with E-state index >= 15 is 0 Å². The van der Waals surface area contributed by atoms with Crippen LogP contribution in [0.4, 0.5) is 11.4 Å². The van der Waals surface area contributed by atoms with Crippen LogP contribution in [-0.2, 0) is 19.6 Å². The molecule has 156 valence electrons. The number of fused-ring (bicyclic) bond motifs is 2. The predicted octanol–water partition coefficient (Wildman–Crippen LogP) is 3.26. The molecule has 3 N–H and O–H groups in total. The van der Waals surface area contributed by atoms with E-state index in [0.29, 0.717) is 17.8 Å². The molecule has 8 heteroatoms. The van der Waals surface area contributed by atoms with E-state index in [9.17, 15) is 23.1 Å². The number of anilines is 2. The first-order valence-corrected chi connectivity index (χ1v) is 11.1. The van der Waals surface area contributed by atoms with Crippen molar-refractivity contribution in [3.05, 3.63) is 66.2 Å². The fourth-order valence-corrected chi connectivity index (χ4v) is 5.35. The number of carboxylic acids is 1.